The quantitative estimate of drug-likeness (QED) is 0.691. The summed E-state index contributed by atoms with van der Waals surface area (Å²) < 4.78 is 5.26. The number of ether oxygens (including phenoxy) is 1. The first-order chi connectivity index (χ1) is 9.74. The average Bonchev–Trinajstić information content (AvgIpc) is 2.48. The zero-order valence-corrected chi connectivity index (χ0v) is 13.1. The molecule has 0 heterocycles. The van der Waals surface area contributed by atoms with Crippen LogP contribution in [0.2, 0.25) is 0 Å². The molecule has 4 heteroatoms. The number of nitrogens with one attached hydrogen (secondary N) is 1. The highest BCUT2D eigenvalue weighted by molar-refractivity contribution is 5.55. The third-order valence-electron chi connectivity index (χ3n) is 3.49. The monoisotopic (exact) mass is 279 g/mol. The normalized spacial score (nSPS) is 12.2. The summed E-state index contributed by atoms with van der Waals surface area (Å²) in [4.78, 5) is 2.34. The van der Waals surface area contributed by atoms with Crippen molar-refractivity contribution in [3.63, 3.8) is 0 Å². The van der Waals surface area contributed by atoms with E-state index in [1.807, 2.05) is 0 Å². The molecule has 0 spiro atoms. The summed E-state index contributed by atoms with van der Waals surface area (Å²) in [5, 5.41) is 3.52. The van der Waals surface area contributed by atoms with Crippen molar-refractivity contribution in [1.29, 1.82) is 0 Å². The van der Waals surface area contributed by atoms with Crippen LogP contribution in [0, 0.1) is 0 Å². The highest BCUT2D eigenvalue weighted by atomic mass is 16.5. The van der Waals surface area contributed by atoms with Gasteiger partial charge in [0.1, 0.15) is 0 Å². The number of nitrogens with two attached hydrogens (primary N) is 1. The number of rotatable bonds is 10. The Hall–Kier alpha value is -1.26. The number of hydrogen-bond acceptors (Lipinski definition) is 4. The molecule has 1 atom stereocenters. The second-order valence-electron chi connectivity index (χ2n) is 4.95. The van der Waals surface area contributed by atoms with E-state index in [0.29, 0.717) is 12.6 Å². The first-order valence-electron chi connectivity index (χ1n) is 7.55. The highest BCUT2D eigenvalue weighted by Crippen LogP contribution is 2.19. The SMILES string of the molecule is CCN(CC)c1ccc(NC(CCCN)COC)cc1. The summed E-state index contributed by atoms with van der Waals surface area (Å²) in [6.07, 6.45) is 2.04. The van der Waals surface area contributed by atoms with E-state index in [4.69, 9.17) is 10.5 Å². The van der Waals surface area contributed by atoms with Gasteiger partial charge in [0.05, 0.1) is 6.61 Å². The summed E-state index contributed by atoms with van der Waals surface area (Å²) >= 11 is 0. The number of benzene rings is 1. The molecule has 20 heavy (non-hydrogen) atoms. The molecule has 0 aliphatic carbocycles. The van der Waals surface area contributed by atoms with Gasteiger partial charge < -0.3 is 20.7 Å². The van der Waals surface area contributed by atoms with Crippen molar-refractivity contribution in [1.82, 2.24) is 0 Å². The van der Waals surface area contributed by atoms with Crippen LogP contribution in [-0.2, 0) is 4.74 Å². The minimum Gasteiger partial charge on any atom is -0.383 e. The van der Waals surface area contributed by atoms with Crippen molar-refractivity contribution in [3.8, 4) is 0 Å². The summed E-state index contributed by atoms with van der Waals surface area (Å²) in [7, 11) is 1.74. The molecular formula is C16H29N3O. The van der Waals surface area contributed by atoms with Crippen molar-refractivity contribution in [2.75, 3.05) is 43.6 Å². The highest BCUT2D eigenvalue weighted by Gasteiger charge is 2.08. The van der Waals surface area contributed by atoms with Gasteiger partial charge in [0.15, 0.2) is 0 Å². The van der Waals surface area contributed by atoms with Crippen LogP contribution in [0.3, 0.4) is 0 Å². The van der Waals surface area contributed by atoms with Gasteiger partial charge in [0, 0.05) is 37.6 Å². The lowest BCUT2D eigenvalue weighted by molar-refractivity contribution is 0.182. The molecule has 0 aliphatic rings. The Balaban J connectivity index is 2.62. The standard InChI is InChI=1S/C16H29N3O/c1-4-19(5-2)16-10-8-14(9-11-16)18-15(13-20-3)7-6-12-17/h8-11,15,18H,4-7,12-13,17H2,1-3H3. The Kier molecular flexibility index (Phi) is 8.07. The fourth-order valence-electron chi connectivity index (χ4n) is 2.36. The molecule has 3 N–H and O–H groups in total. The molecule has 1 unspecified atom stereocenters. The molecule has 0 aliphatic heterocycles. The maximum atomic E-state index is 5.58. The van der Waals surface area contributed by atoms with E-state index in [0.717, 1.165) is 38.2 Å². The van der Waals surface area contributed by atoms with Gasteiger partial charge in [0.25, 0.3) is 0 Å². The minimum absolute atomic E-state index is 0.322. The van der Waals surface area contributed by atoms with Gasteiger partial charge in [-0.2, -0.15) is 0 Å². The number of hydrogen-bond donors (Lipinski definition) is 2. The van der Waals surface area contributed by atoms with Crippen LogP contribution in [0.15, 0.2) is 24.3 Å². The summed E-state index contributed by atoms with van der Waals surface area (Å²) in [6, 6.07) is 8.93. The zero-order valence-electron chi connectivity index (χ0n) is 13.1. The van der Waals surface area contributed by atoms with Gasteiger partial charge in [-0.15, -0.1) is 0 Å². The van der Waals surface area contributed by atoms with Crippen molar-refractivity contribution >= 4 is 11.4 Å². The molecule has 0 bridgehead atoms. The van der Waals surface area contributed by atoms with Crippen LogP contribution in [-0.4, -0.2) is 39.4 Å². The van der Waals surface area contributed by atoms with E-state index in [9.17, 15) is 0 Å². The van der Waals surface area contributed by atoms with Crippen molar-refractivity contribution in [3.05, 3.63) is 24.3 Å². The molecule has 4 nitrogen and oxygen atoms in total. The lowest BCUT2D eigenvalue weighted by Gasteiger charge is -2.22. The van der Waals surface area contributed by atoms with E-state index in [2.05, 4.69) is 48.3 Å². The fraction of sp³-hybridized carbons (Fsp3) is 0.625. The average molecular weight is 279 g/mol. The molecule has 1 aromatic carbocycles. The third kappa shape index (κ3) is 5.39. The van der Waals surface area contributed by atoms with Gasteiger partial charge in [0.2, 0.25) is 0 Å². The van der Waals surface area contributed by atoms with E-state index >= 15 is 0 Å². The summed E-state index contributed by atoms with van der Waals surface area (Å²) in [5.74, 6) is 0. The van der Waals surface area contributed by atoms with Gasteiger partial charge in [-0.3, -0.25) is 0 Å². The molecule has 0 radical (unpaired) electrons. The van der Waals surface area contributed by atoms with Crippen LogP contribution in [0.1, 0.15) is 26.7 Å². The fourth-order valence-corrected chi connectivity index (χ4v) is 2.36. The van der Waals surface area contributed by atoms with Crippen LogP contribution in [0.25, 0.3) is 0 Å². The smallest absolute Gasteiger partial charge is 0.0664 e. The number of methoxy groups -OCH3 is 1. The molecule has 0 amide bonds. The molecule has 1 aromatic rings. The first-order valence-corrected chi connectivity index (χ1v) is 7.55. The Morgan fingerprint density at radius 1 is 1.20 bits per heavy atom. The lowest BCUT2D eigenvalue weighted by atomic mass is 10.1. The second-order valence-corrected chi connectivity index (χ2v) is 4.95. The third-order valence-corrected chi connectivity index (χ3v) is 3.49. The maximum absolute atomic E-state index is 5.58. The van der Waals surface area contributed by atoms with Crippen LogP contribution < -0.4 is 16.0 Å². The molecule has 1 rings (SSSR count). The zero-order chi connectivity index (χ0) is 14.8. The van der Waals surface area contributed by atoms with Gasteiger partial charge in [-0.25, -0.2) is 0 Å². The molecule has 0 fully saturated rings. The number of anilines is 2. The maximum Gasteiger partial charge on any atom is 0.0664 e. The summed E-state index contributed by atoms with van der Waals surface area (Å²) in [5.41, 5.74) is 7.98. The van der Waals surface area contributed by atoms with E-state index in [-0.39, 0.29) is 0 Å². The minimum atomic E-state index is 0.322. The van der Waals surface area contributed by atoms with Crippen molar-refractivity contribution in [2.24, 2.45) is 5.73 Å². The largest absolute Gasteiger partial charge is 0.383 e. The van der Waals surface area contributed by atoms with E-state index < -0.39 is 0 Å². The molecule has 0 aromatic heterocycles. The van der Waals surface area contributed by atoms with Crippen LogP contribution in [0.4, 0.5) is 11.4 Å². The molecule has 0 saturated carbocycles. The molecule has 0 saturated heterocycles. The Bertz CT molecular complexity index is 349. The Morgan fingerprint density at radius 2 is 1.85 bits per heavy atom. The Morgan fingerprint density at radius 3 is 2.35 bits per heavy atom. The van der Waals surface area contributed by atoms with Gasteiger partial charge >= 0.3 is 0 Å². The van der Waals surface area contributed by atoms with Crippen LogP contribution >= 0.6 is 0 Å². The number of nitrogens with zero attached hydrogens (tertiary/aromatic N) is 1. The topological polar surface area (TPSA) is 50.5 Å². The van der Waals surface area contributed by atoms with Crippen molar-refractivity contribution < 1.29 is 4.74 Å². The predicted octanol–water partition coefficient (Wildman–Crippen LogP) is 2.70. The summed E-state index contributed by atoms with van der Waals surface area (Å²) in [6.45, 7) is 7.85. The van der Waals surface area contributed by atoms with Crippen LogP contribution in [0.5, 0.6) is 0 Å². The molecular weight excluding hydrogens is 250 g/mol. The molecule has 114 valence electrons. The first kappa shape index (κ1) is 16.8. The lowest BCUT2D eigenvalue weighted by Crippen LogP contribution is -2.26. The Labute approximate surface area is 123 Å². The van der Waals surface area contributed by atoms with E-state index in [1.54, 1.807) is 7.11 Å². The van der Waals surface area contributed by atoms with Crippen molar-refractivity contribution in [2.45, 2.75) is 32.7 Å². The van der Waals surface area contributed by atoms with E-state index in [1.165, 1.54) is 5.69 Å². The van der Waals surface area contributed by atoms with Gasteiger partial charge in [-0.1, -0.05) is 0 Å². The predicted molar refractivity (Wildman–Crippen MR) is 87.6 cm³/mol. The second kappa shape index (κ2) is 9.61. The van der Waals surface area contributed by atoms with Gasteiger partial charge in [-0.05, 0) is 57.5 Å².